The maximum absolute atomic E-state index is 9.47. The summed E-state index contributed by atoms with van der Waals surface area (Å²) in [5.41, 5.74) is 7.02. The fourth-order valence-corrected chi connectivity index (χ4v) is 4.34. The number of benzene rings is 2. The maximum Gasteiger partial charge on any atom is 0.101 e. The van der Waals surface area contributed by atoms with Crippen molar-refractivity contribution in [1.82, 2.24) is 29.7 Å². The molecule has 0 aliphatic heterocycles. The van der Waals surface area contributed by atoms with E-state index >= 15 is 0 Å². The van der Waals surface area contributed by atoms with Gasteiger partial charge in [-0.25, -0.2) is 4.98 Å². The second kappa shape index (κ2) is 7.89. The summed E-state index contributed by atoms with van der Waals surface area (Å²) in [5.74, 6) is 0. The molecule has 4 heterocycles. The van der Waals surface area contributed by atoms with Crippen molar-refractivity contribution < 1.29 is 0 Å². The Balaban J connectivity index is 1.49. The number of pyridine rings is 2. The lowest BCUT2D eigenvalue weighted by Gasteiger charge is -2.15. The number of nitrogens with one attached hydrogen (secondary N) is 1. The van der Waals surface area contributed by atoms with Crippen molar-refractivity contribution in [3.63, 3.8) is 0 Å². The van der Waals surface area contributed by atoms with Crippen molar-refractivity contribution in [3.8, 4) is 34.1 Å². The van der Waals surface area contributed by atoms with Gasteiger partial charge in [-0.3, -0.25) is 15.1 Å². The molecule has 0 unspecified atom stereocenters. The standard InChI is InChI=1S/C28H21N7/c1-28(2,16-29)21-6-3-18(4-7-21)27-26-23-12-19(5-8-24(23)32-15-25(26)33-34-27)20-11-22(14-31-13-20)35-10-9-30-17-35/h3-15,17H,1-2H3,(H,33,34). The van der Waals surface area contributed by atoms with E-state index in [-0.39, 0.29) is 0 Å². The highest BCUT2D eigenvalue weighted by Gasteiger charge is 2.20. The van der Waals surface area contributed by atoms with Crippen LogP contribution in [0.4, 0.5) is 0 Å². The van der Waals surface area contributed by atoms with Crippen molar-refractivity contribution in [3.05, 3.63) is 91.4 Å². The van der Waals surface area contributed by atoms with Gasteiger partial charge in [-0.05, 0) is 43.2 Å². The number of hydrogen-bond donors (Lipinski definition) is 1. The van der Waals surface area contributed by atoms with Crippen LogP contribution in [0.15, 0.2) is 85.8 Å². The second-order valence-corrected chi connectivity index (χ2v) is 9.07. The molecule has 0 fully saturated rings. The average molecular weight is 456 g/mol. The topological polar surface area (TPSA) is 96.1 Å². The van der Waals surface area contributed by atoms with E-state index < -0.39 is 5.41 Å². The first-order valence-electron chi connectivity index (χ1n) is 11.3. The van der Waals surface area contributed by atoms with Crippen LogP contribution in [0.25, 0.3) is 49.9 Å². The van der Waals surface area contributed by atoms with Gasteiger partial charge in [-0.15, -0.1) is 0 Å². The Hall–Kier alpha value is -4.83. The number of rotatable bonds is 4. The van der Waals surface area contributed by atoms with Gasteiger partial charge in [0.1, 0.15) is 5.69 Å². The molecule has 0 aliphatic rings. The van der Waals surface area contributed by atoms with E-state index in [1.807, 2.05) is 73.5 Å². The molecule has 0 spiro atoms. The van der Waals surface area contributed by atoms with Gasteiger partial charge < -0.3 is 4.57 Å². The summed E-state index contributed by atoms with van der Waals surface area (Å²) in [6.45, 7) is 3.84. The molecule has 0 bridgehead atoms. The van der Waals surface area contributed by atoms with Gasteiger partial charge in [-0.1, -0.05) is 30.3 Å². The molecule has 0 amide bonds. The van der Waals surface area contributed by atoms with Gasteiger partial charge in [0.15, 0.2) is 0 Å². The van der Waals surface area contributed by atoms with Crippen LogP contribution in [0, 0.1) is 11.3 Å². The van der Waals surface area contributed by atoms with Crippen LogP contribution in [0.2, 0.25) is 0 Å². The molecule has 7 nitrogen and oxygen atoms in total. The second-order valence-electron chi connectivity index (χ2n) is 9.07. The average Bonchev–Trinajstić information content (AvgIpc) is 3.59. The van der Waals surface area contributed by atoms with Crippen LogP contribution in [0.3, 0.4) is 0 Å². The summed E-state index contributed by atoms with van der Waals surface area (Å²) in [4.78, 5) is 13.2. The number of nitriles is 1. The van der Waals surface area contributed by atoms with Crippen LogP contribution in [-0.4, -0.2) is 29.7 Å². The molecule has 0 atom stereocenters. The molecule has 7 heteroatoms. The van der Waals surface area contributed by atoms with E-state index in [0.29, 0.717) is 0 Å². The van der Waals surface area contributed by atoms with Crippen LogP contribution >= 0.6 is 0 Å². The molecule has 0 saturated heterocycles. The van der Waals surface area contributed by atoms with Crippen LogP contribution < -0.4 is 0 Å². The molecule has 2 aromatic carbocycles. The lowest BCUT2D eigenvalue weighted by Crippen LogP contribution is -2.13. The van der Waals surface area contributed by atoms with E-state index in [9.17, 15) is 5.26 Å². The maximum atomic E-state index is 9.47. The fraction of sp³-hybridized carbons (Fsp3) is 0.107. The van der Waals surface area contributed by atoms with Crippen molar-refractivity contribution in [2.24, 2.45) is 0 Å². The molecular weight excluding hydrogens is 434 g/mol. The first kappa shape index (κ1) is 20.8. The molecule has 6 aromatic rings. The number of aromatic amines is 1. The quantitative estimate of drug-likeness (QED) is 0.361. The fourth-order valence-electron chi connectivity index (χ4n) is 4.34. The number of hydrogen-bond acceptors (Lipinski definition) is 5. The highest BCUT2D eigenvalue weighted by atomic mass is 15.1. The number of nitrogens with zero attached hydrogens (tertiary/aromatic N) is 6. The normalized spacial score (nSPS) is 11.7. The van der Waals surface area contributed by atoms with Crippen molar-refractivity contribution in [1.29, 1.82) is 5.26 Å². The zero-order valence-electron chi connectivity index (χ0n) is 19.3. The van der Waals surface area contributed by atoms with Gasteiger partial charge in [0.05, 0.1) is 46.9 Å². The molecule has 1 N–H and O–H groups in total. The summed E-state index contributed by atoms with van der Waals surface area (Å²) in [6.07, 6.45) is 10.9. The first-order chi connectivity index (χ1) is 17.0. The summed E-state index contributed by atoms with van der Waals surface area (Å²) in [5, 5.41) is 19.3. The van der Waals surface area contributed by atoms with Crippen molar-refractivity contribution in [2.45, 2.75) is 19.3 Å². The lowest BCUT2D eigenvalue weighted by atomic mass is 9.86. The van der Waals surface area contributed by atoms with Crippen molar-refractivity contribution >= 4 is 21.8 Å². The summed E-state index contributed by atoms with van der Waals surface area (Å²) < 4.78 is 1.93. The van der Waals surface area contributed by atoms with Crippen LogP contribution in [-0.2, 0) is 5.41 Å². The monoisotopic (exact) mass is 455 g/mol. The Morgan fingerprint density at radius 2 is 1.74 bits per heavy atom. The molecule has 4 aromatic heterocycles. The third-order valence-electron chi connectivity index (χ3n) is 6.41. The number of H-pyrrole nitrogens is 1. The van der Waals surface area contributed by atoms with Crippen LogP contribution in [0.1, 0.15) is 19.4 Å². The molecular formula is C28H21N7. The summed E-state index contributed by atoms with van der Waals surface area (Å²) in [6, 6.07) is 18.7. The Kier molecular flexibility index (Phi) is 4.68. The lowest BCUT2D eigenvalue weighted by molar-refractivity contribution is 0.687. The zero-order chi connectivity index (χ0) is 24.0. The molecule has 168 valence electrons. The predicted molar refractivity (Wildman–Crippen MR) is 136 cm³/mol. The Morgan fingerprint density at radius 1 is 0.914 bits per heavy atom. The highest BCUT2D eigenvalue weighted by molar-refractivity contribution is 6.11. The minimum atomic E-state index is -0.545. The van der Waals surface area contributed by atoms with Crippen LogP contribution in [0.5, 0.6) is 0 Å². The third kappa shape index (κ3) is 3.52. The third-order valence-corrected chi connectivity index (χ3v) is 6.41. The Labute approximate surface area is 201 Å². The molecule has 0 saturated carbocycles. The molecule has 35 heavy (non-hydrogen) atoms. The Morgan fingerprint density at radius 3 is 2.51 bits per heavy atom. The highest BCUT2D eigenvalue weighted by Crippen LogP contribution is 2.35. The SMILES string of the molecule is CC(C)(C#N)c1ccc(-c2n[nH]c3cnc4ccc(-c5cncc(-n6ccnc6)c5)cc4c23)cc1. The van der Waals surface area contributed by atoms with Gasteiger partial charge in [0, 0.05) is 40.5 Å². The smallest absolute Gasteiger partial charge is 0.101 e. The first-order valence-corrected chi connectivity index (χ1v) is 11.3. The largest absolute Gasteiger partial charge is 0.305 e. The van der Waals surface area contributed by atoms with E-state index in [2.05, 4.69) is 49.4 Å². The van der Waals surface area contributed by atoms with Gasteiger partial charge in [0.2, 0.25) is 0 Å². The van der Waals surface area contributed by atoms with E-state index in [4.69, 9.17) is 0 Å². The minimum absolute atomic E-state index is 0.545. The molecule has 6 rings (SSSR count). The van der Waals surface area contributed by atoms with Gasteiger partial charge >= 0.3 is 0 Å². The van der Waals surface area contributed by atoms with Gasteiger partial charge in [0.25, 0.3) is 0 Å². The summed E-state index contributed by atoms with van der Waals surface area (Å²) in [7, 11) is 0. The predicted octanol–water partition coefficient (Wildman–Crippen LogP) is 5.83. The zero-order valence-corrected chi connectivity index (χ0v) is 19.3. The number of fused-ring (bicyclic) bond motifs is 3. The van der Waals surface area contributed by atoms with E-state index in [1.165, 1.54) is 0 Å². The minimum Gasteiger partial charge on any atom is -0.305 e. The Bertz CT molecular complexity index is 1720. The summed E-state index contributed by atoms with van der Waals surface area (Å²) >= 11 is 0. The van der Waals surface area contributed by atoms with Gasteiger partial charge in [-0.2, -0.15) is 10.4 Å². The van der Waals surface area contributed by atoms with E-state index in [0.717, 1.165) is 55.4 Å². The number of aromatic nitrogens is 6. The molecule has 0 radical (unpaired) electrons. The number of imidazole rings is 1. The molecule has 0 aliphatic carbocycles. The van der Waals surface area contributed by atoms with E-state index in [1.54, 1.807) is 12.5 Å². The van der Waals surface area contributed by atoms with Crippen molar-refractivity contribution in [2.75, 3.05) is 0 Å².